The number of nitrogens with two attached hydrogens (primary N) is 1. The topological polar surface area (TPSA) is 104 Å². The van der Waals surface area contributed by atoms with Crippen molar-refractivity contribution in [2.75, 3.05) is 37.4 Å². The van der Waals surface area contributed by atoms with E-state index in [-0.39, 0.29) is 6.01 Å². The van der Waals surface area contributed by atoms with Gasteiger partial charge in [-0.3, -0.25) is 0 Å². The lowest BCUT2D eigenvalue weighted by molar-refractivity contribution is 0.280. The average Bonchev–Trinajstić information content (AvgIpc) is 3.17. The van der Waals surface area contributed by atoms with E-state index >= 15 is 0 Å². The predicted molar refractivity (Wildman–Crippen MR) is 115 cm³/mol. The number of unbranched alkanes of at least 4 members (excludes halogenated alkanes) is 1. The van der Waals surface area contributed by atoms with Gasteiger partial charge in [0, 0.05) is 25.7 Å². The van der Waals surface area contributed by atoms with E-state index in [1.54, 1.807) is 17.8 Å². The molecule has 0 radical (unpaired) electrons. The molecule has 0 amide bonds. The van der Waals surface area contributed by atoms with E-state index in [4.69, 9.17) is 20.2 Å². The molecule has 9 nitrogen and oxygen atoms in total. The molecule has 0 aliphatic carbocycles. The van der Waals surface area contributed by atoms with E-state index in [2.05, 4.69) is 26.9 Å². The molecule has 1 aliphatic heterocycles. The molecule has 0 bridgehead atoms. The molecule has 4 rings (SSSR count). The van der Waals surface area contributed by atoms with Gasteiger partial charge in [0.05, 0.1) is 25.6 Å². The summed E-state index contributed by atoms with van der Waals surface area (Å²) in [6.45, 7) is 4.71. The number of nitrogens with zero attached hydrogens (tertiary/aromatic N) is 6. The smallest absolute Gasteiger partial charge is 0.336 e. The molecule has 0 saturated carbocycles. The molecule has 0 unspecified atom stereocenters. The van der Waals surface area contributed by atoms with Crippen LogP contribution in [0.3, 0.4) is 0 Å². The van der Waals surface area contributed by atoms with Crippen LogP contribution in [0.5, 0.6) is 11.8 Å². The van der Waals surface area contributed by atoms with Crippen molar-refractivity contribution in [3.8, 4) is 11.8 Å². The molecule has 1 aliphatic rings. The van der Waals surface area contributed by atoms with E-state index in [1.165, 1.54) is 19.3 Å². The second-order valence-corrected chi connectivity index (χ2v) is 7.56. The Bertz CT molecular complexity index is 998. The number of aromatic nitrogens is 5. The van der Waals surface area contributed by atoms with Crippen molar-refractivity contribution < 1.29 is 9.47 Å². The lowest BCUT2D eigenvalue weighted by Gasteiger charge is -2.29. The number of fused-ring (bicyclic) bond motifs is 1. The number of hydrogen-bond acceptors (Lipinski definition) is 8. The predicted octanol–water partition coefficient (Wildman–Crippen LogP) is 2.87. The molecule has 3 aromatic heterocycles. The summed E-state index contributed by atoms with van der Waals surface area (Å²) in [6.07, 6.45) is 9.89. The van der Waals surface area contributed by atoms with Crippen LogP contribution in [-0.2, 0) is 6.42 Å². The van der Waals surface area contributed by atoms with Crippen molar-refractivity contribution in [1.82, 2.24) is 24.6 Å². The minimum atomic E-state index is 0.267. The normalized spacial score (nSPS) is 14.3. The third-order valence-electron chi connectivity index (χ3n) is 5.32. The van der Waals surface area contributed by atoms with Crippen molar-refractivity contribution in [2.45, 2.75) is 45.4 Å². The fraction of sp³-hybridized carbons (Fsp3) is 0.524. The Kier molecular flexibility index (Phi) is 6.15. The molecule has 30 heavy (non-hydrogen) atoms. The lowest BCUT2D eigenvalue weighted by atomic mass is 10.1. The molecular weight excluding hydrogens is 382 g/mol. The second-order valence-electron chi connectivity index (χ2n) is 7.56. The van der Waals surface area contributed by atoms with Gasteiger partial charge in [0.25, 0.3) is 0 Å². The maximum atomic E-state index is 6.06. The first-order valence-electron chi connectivity index (χ1n) is 10.6. The molecular formula is C21H29N7O2. The number of methoxy groups -OCH3 is 1. The van der Waals surface area contributed by atoms with Gasteiger partial charge >= 0.3 is 6.01 Å². The van der Waals surface area contributed by atoms with E-state index in [0.29, 0.717) is 24.5 Å². The van der Waals surface area contributed by atoms with Crippen LogP contribution < -0.4 is 20.1 Å². The van der Waals surface area contributed by atoms with Crippen LogP contribution in [0, 0.1) is 0 Å². The van der Waals surface area contributed by atoms with E-state index < -0.39 is 0 Å². The Labute approximate surface area is 176 Å². The zero-order valence-electron chi connectivity index (χ0n) is 17.7. The molecule has 1 fully saturated rings. The van der Waals surface area contributed by atoms with Crippen LogP contribution in [-0.4, -0.2) is 51.4 Å². The van der Waals surface area contributed by atoms with E-state index in [9.17, 15) is 0 Å². The van der Waals surface area contributed by atoms with Gasteiger partial charge in [-0.1, -0.05) is 13.3 Å². The summed E-state index contributed by atoms with van der Waals surface area (Å²) in [4.78, 5) is 15.6. The maximum Gasteiger partial charge on any atom is 0.336 e. The number of pyridine rings is 1. The van der Waals surface area contributed by atoms with Crippen LogP contribution in [0.2, 0.25) is 0 Å². The Morgan fingerprint density at radius 3 is 2.73 bits per heavy atom. The van der Waals surface area contributed by atoms with Crippen molar-refractivity contribution in [3.05, 3.63) is 29.7 Å². The summed E-state index contributed by atoms with van der Waals surface area (Å²) in [5.41, 5.74) is 8.49. The summed E-state index contributed by atoms with van der Waals surface area (Å²) in [7, 11) is 1.69. The quantitative estimate of drug-likeness (QED) is 0.564. The van der Waals surface area contributed by atoms with Gasteiger partial charge in [-0.15, -0.1) is 5.10 Å². The highest BCUT2D eigenvalue weighted by molar-refractivity contribution is 5.60. The Hall–Kier alpha value is -3.10. The SMILES string of the molecule is CCCCOc1nc(N)c2ncc(Cc3cnc(N4CCCCC4)c(OC)c3)n2n1. The number of anilines is 2. The number of ether oxygens (including phenoxy) is 2. The van der Waals surface area contributed by atoms with Gasteiger partial charge in [-0.25, -0.2) is 14.5 Å². The fourth-order valence-electron chi connectivity index (χ4n) is 3.69. The zero-order valence-corrected chi connectivity index (χ0v) is 17.7. The van der Waals surface area contributed by atoms with Gasteiger partial charge in [-0.2, -0.15) is 4.98 Å². The Morgan fingerprint density at radius 2 is 1.97 bits per heavy atom. The standard InChI is InChI=1S/C21H29N7O2/c1-3-4-10-30-21-25-18(22)20-24-14-16(28(20)26-21)11-15-12-17(29-2)19(23-13-15)27-8-6-5-7-9-27/h12-14H,3-11H2,1-2H3,(H2,22,25,26). The Balaban J connectivity index is 1.58. The summed E-state index contributed by atoms with van der Waals surface area (Å²) in [5, 5.41) is 4.48. The average molecular weight is 412 g/mol. The van der Waals surface area contributed by atoms with Gasteiger partial charge in [-0.05, 0) is 37.3 Å². The molecule has 9 heteroatoms. The number of imidazole rings is 1. The first-order valence-corrected chi connectivity index (χ1v) is 10.6. The molecule has 0 atom stereocenters. The first-order chi connectivity index (χ1) is 14.7. The van der Waals surface area contributed by atoms with Crippen molar-refractivity contribution in [1.29, 1.82) is 0 Å². The minimum Gasteiger partial charge on any atom is -0.493 e. The van der Waals surface area contributed by atoms with E-state index in [0.717, 1.165) is 48.8 Å². The van der Waals surface area contributed by atoms with Gasteiger partial charge in [0.2, 0.25) is 0 Å². The van der Waals surface area contributed by atoms with Gasteiger partial charge in [0.15, 0.2) is 23.0 Å². The van der Waals surface area contributed by atoms with Gasteiger partial charge < -0.3 is 20.1 Å². The van der Waals surface area contributed by atoms with Crippen LogP contribution in [0.25, 0.3) is 5.65 Å². The highest BCUT2D eigenvalue weighted by atomic mass is 16.5. The monoisotopic (exact) mass is 411 g/mol. The van der Waals surface area contributed by atoms with Crippen LogP contribution in [0.4, 0.5) is 11.6 Å². The summed E-state index contributed by atoms with van der Waals surface area (Å²) < 4.78 is 13.0. The van der Waals surface area contributed by atoms with Crippen LogP contribution >= 0.6 is 0 Å². The zero-order chi connectivity index (χ0) is 20.9. The summed E-state index contributed by atoms with van der Waals surface area (Å²) in [5.74, 6) is 2.01. The number of piperidine rings is 1. The molecule has 4 heterocycles. The second kappa shape index (κ2) is 9.15. The highest BCUT2D eigenvalue weighted by Crippen LogP contribution is 2.29. The first kappa shape index (κ1) is 20.2. The van der Waals surface area contributed by atoms with Gasteiger partial charge in [0.1, 0.15) is 0 Å². The third kappa shape index (κ3) is 4.24. The summed E-state index contributed by atoms with van der Waals surface area (Å²) >= 11 is 0. The fourth-order valence-corrected chi connectivity index (χ4v) is 3.69. The third-order valence-corrected chi connectivity index (χ3v) is 5.32. The highest BCUT2D eigenvalue weighted by Gasteiger charge is 2.18. The molecule has 160 valence electrons. The van der Waals surface area contributed by atoms with Crippen LogP contribution in [0.15, 0.2) is 18.5 Å². The van der Waals surface area contributed by atoms with E-state index in [1.807, 2.05) is 12.3 Å². The van der Waals surface area contributed by atoms with Crippen molar-refractivity contribution in [2.24, 2.45) is 0 Å². The molecule has 1 saturated heterocycles. The number of nitrogen functional groups attached to an aromatic ring is 1. The Morgan fingerprint density at radius 1 is 1.13 bits per heavy atom. The molecule has 2 N–H and O–H groups in total. The molecule has 0 spiro atoms. The molecule has 0 aromatic carbocycles. The number of rotatable bonds is 8. The maximum absolute atomic E-state index is 6.06. The lowest BCUT2D eigenvalue weighted by Crippen LogP contribution is -2.30. The molecule has 3 aromatic rings. The minimum absolute atomic E-state index is 0.267. The summed E-state index contributed by atoms with van der Waals surface area (Å²) in [6, 6.07) is 2.31. The van der Waals surface area contributed by atoms with Crippen molar-refractivity contribution >= 4 is 17.3 Å². The van der Waals surface area contributed by atoms with Crippen LogP contribution in [0.1, 0.15) is 50.3 Å². The largest absolute Gasteiger partial charge is 0.493 e. The number of hydrogen-bond donors (Lipinski definition) is 1. The van der Waals surface area contributed by atoms with Crippen molar-refractivity contribution in [3.63, 3.8) is 0 Å².